The highest BCUT2D eigenvalue weighted by molar-refractivity contribution is 6.07. The summed E-state index contributed by atoms with van der Waals surface area (Å²) in [6.45, 7) is 3.42. The molecule has 0 aliphatic carbocycles. The molecule has 4 heteroatoms. The molecule has 0 saturated carbocycles. The zero-order valence-electron chi connectivity index (χ0n) is 11.2. The van der Waals surface area contributed by atoms with Gasteiger partial charge in [0.15, 0.2) is 5.82 Å². The second kappa shape index (κ2) is 6.29. The Hall–Kier alpha value is -1.94. The molecule has 1 aromatic heterocycles. The molecule has 2 rings (SSSR count). The van der Waals surface area contributed by atoms with Crippen molar-refractivity contribution in [2.75, 3.05) is 6.54 Å². The molecule has 0 spiro atoms. The third-order valence-electron chi connectivity index (χ3n) is 3.06. The number of rotatable bonds is 6. The number of carbonyl (C=O) groups is 1. The van der Waals surface area contributed by atoms with Crippen molar-refractivity contribution in [3.05, 3.63) is 53.6 Å². The molecule has 2 N–H and O–H groups in total. The van der Waals surface area contributed by atoms with E-state index in [-0.39, 0.29) is 5.78 Å². The first-order valence-electron chi connectivity index (χ1n) is 6.61. The van der Waals surface area contributed by atoms with Gasteiger partial charge in [-0.25, -0.2) is 4.98 Å². The van der Waals surface area contributed by atoms with Crippen LogP contribution >= 0.6 is 0 Å². The van der Waals surface area contributed by atoms with Crippen LogP contribution in [-0.4, -0.2) is 21.9 Å². The average Bonchev–Trinajstić information content (AvgIpc) is 2.88. The van der Waals surface area contributed by atoms with Gasteiger partial charge in [-0.1, -0.05) is 31.2 Å². The molecule has 19 heavy (non-hydrogen) atoms. The van der Waals surface area contributed by atoms with Gasteiger partial charge in [0, 0.05) is 24.5 Å². The third-order valence-corrected chi connectivity index (χ3v) is 3.06. The second-order valence-electron chi connectivity index (χ2n) is 4.47. The van der Waals surface area contributed by atoms with Crippen molar-refractivity contribution in [1.29, 1.82) is 0 Å². The van der Waals surface area contributed by atoms with Crippen LogP contribution in [0, 0.1) is 0 Å². The van der Waals surface area contributed by atoms with Gasteiger partial charge in [0.25, 0.3) is 0 Å². The molecule has 2 aromatic rings. The number of ketones is 1. The summed E-state index contributed by atoms with van der Waals surface area (Å²) in [4.78, 5) is 16.8. The Kier molecular flexibility index (Phi) is 4.47. The number of imidazole rings is 1. The minimum absolute atomic E-state index is 0.0255. The summed E-state index contributed by atoms with van der Waals surface area (Å²) in [6.07, 6.45) is 5.20. The van der Waals surface area contributed by atoms with Crippen molar-refractivity contribution in [3.8, 4) is 0 Å². The third kappa shape index (κ3) is 2.90. The minimum Gasteiger partial charge on any atom is -0.330 e. The highest BCUT2D eigenvalue weighted by atomic mass is 16.1. The van der Waals surface area contributed by atoms with Crippen LogP contribution in [0.2, 0.25) is 0 Å². The molecule has 0 radical (unpaired) electrons. The topological polar surface area (TPSA) is 60.9 Å². The van der Waals surface area contributed by atoms with E-state index in [1.807, 2.05) is 35.0 Å². The molecule has 0 amide bonds. The minimum atomic E-state index is -0.0255. The number of nitrogens with two attached hydrogens (primary N) is 1. The molecule has 1 heterocycles. The quantitative estimate of drug-likeness (QED) is 0.805. The first-order valence-corrected chi connectivity index (χ1v) is 6.61. The zero-order valence-corrected chi connectivity index (χ0v) is 11.2. The van der Waals surface area contributed by atoms with E-state index in [0.717, 1.165) is 18.5 Å². The molecule has 0 aliphatic heterocycles. The molecule has 0 fully saturated rings. The van der Waals surface area contributed by atoms with Crippen LogP contribution < -0.4 is 5.73 Å². The Morgan fingerprint density at radius 3 is 2.89 bits per heavy atom. The second-order valence-corrected chi connectivity index (χ2v) is 4.47. The van der Waals surface area contributed by atoms with Crippen LogP contribution in [-0.2, 0) is 13.0 Å². The summed E-state index contributed by atoms with van der Waals surface area (Å²) in [5.74, 6) is 0.480. The van der Waals surface area contributed by atoms with Crippen LogP contribution in [0.15, 0.2) is 36.7 Å². The maximum Gasteiger partial charge on any atom is 0.228 e. The van der Waals surface area contributed by atoms with Gasteiger partial charge in [-0.15, -0.1) is 0 Å². The maximum atomic E-state index is 12.6. The van der Waals surface area contributed by atoms with E-state index in [1.165, 1.54) is 0 Å². The summed E-state index contributed by atoms with van der Waals surface area (Å²) >= 11 is 0. The van der Waals surface area contributed by atoms with Crippen molar-refractivity contribution in [1.82, 2.24) is 9.55 Å². The van der Waals surface area contributed by atoms with E-state index in [4.69, 9.17) is 5.73 Å². The summed E-state index contributed by atoms with van der Waals surface area (Å²) in [6, 6.07) is 7.60. The predicted molar refractivity (Wildman–Crippen MR) is 75.2 cm³/mol. The predicted octanol–water partition coefficient (Wildman–Crippen LogP) is 2.03. The highest BCUT2D eigenvalue weighted by Crippen LogP contribution is 2.14. The number of aryl methyl sites for hydroxylation is 1. The van der Waals surface area contributed by atoms with Gasteiger partial charge in [0.05, 0.1) is 0 Å². The molecule has 0 atom stereocenters. The molecule has 0 saturated heterocycles. The van der Waals surface area contributed by atoms with Crippen LogP contribution in [0.5, 0.6) is 0 Å². The molecular formula is C15H19N3O. The Labute approximate surface area is 113 Å². The Morgan fingerprint density at radius 2 is 2.16 bits per heavy atom. The lowest BCUT2D eigenvalue weighted by atomic mass is 10.0. The molecule has 100 valence electrons. The highest BCUT2D eigenvalue weighted by Gasteiger charge is 2.17. The van der Waals surface area contributed by atoms with E-state index in [9.17, 15) is 4.79 Å². The van der Waals surface area contributed by atoms with Crippen molar-refractivity contribution >= 4 is 5.78 Å². The Morgan fingerprint density at radius 1 is 1.37 bits per heavy atom. The van der Waals surface area contributed by atoms with Crippen molar-refractivity contribution in [3.63, 3.8) is 0 Å². The van der Waals surface area contributed by atoms with Gasteiger partial charge in [-0.2, -0.15) is 0 Å². The SMILES string of the molecule is CCCn1ccnc1C(=O)c1ccccc1CCN. The van der Waals surface area contributed by atoms with E-state index in [1.54, 1.807) is 6.20 Å². The number of nitrogens with zero attached hydrogens (tertiary/aromatic N) is 2. The molecule has 1 aromatic carbocycles. The molecule has 0 bridgehead atoms. The van der Waals surface area contributed by atoms with E-state index >= 15 is 0 Å². The largest absolute Gasteiger partial charge is 0.330 e. The average molecular weight is 257 g/mol. The van der Waals surface area contributed by atoms with Gasteiger partial charge in [0.1, 0.15) is 0 Å². The zero-order chi connectivity index (χ0) is 13.7. The fraction of sp³-hybridized carbons (Fsp3) is 0.333. The first kappa shape index (κ1) is 13.5. The molecule has 0 unspecified atom stereocenters. The number of hydrogen-bond donors (Lipinski definition) is 1. The van der Waals surface area contributed by atoms with Gasteiger partial charge >= 0.3 is 0 Å². The van der Waals surface area contributed by atoms with Crippen molar-refractivity contribution in [2.45, 2.75) is 26.3 Å². The summed E-state index contributed by atoms with van der Waals surface area (Å²) < 4.78 is 1.90. The van der Waals surface area contributed by atoms with Crippen molar-refractivity contribution < 1.29 is 4.79 Å². The normalized spacial score (nSPS) is 10.6. The standard InChI is InChI=1S/C15H19N3O/c1-2-10-18-11-9-17-15(18)14(19)13-6-4-3-5-12(13)7-8-16/h3-6,9,11H,2,7-8,10,16H2,1H3. The number of aromatic nitrogens is 2. The van der Waals surface area contributed by atoms with Gasteiger partial charge in [-0.3, -0.25) is 4.79 Å². The Bertz CT molecular complexity index is 560. The van der Waals surface area contributed by atoms with Crippen LogP contribution in [0.3, 0.4) is 0 Å². The van der Waals surface area contributed by atoms with Gasteiger partial charge in [-0.05, 0) is 24.9 Å². The lowest BCUT2D eigenvalue weighted by Crippen LogP contribution is -2.14. The maximum absolute atomic E-state index is 12.6. The summed E-state index contributed by atoms with van der Waals surface area (Å²) in [7, 11) is 0. The summed E-state index contributed by atoms with van der Waals surface area (Å²) in [5.41, 5.74) is 7.29. The van der Waals surface area contributed by atoms with Crippen molar-refractivity contribution in [2.24, 2.45) is 5.73 Å². The first-order chi connectivity index (χ1) is 9.27. The number of hydrogen-bond acceptors (Lipinski definition) is 3. The fourth-order valence-electron chi connectivity index (χ4n) is 2.18. The molecule has 0 aliphatic rings. The van der Waals surface area contributed by atoms with Crippen LogP contribution in [0.4, 0.5) is 0 Å². The molecular weight excluding hydrogens is 238 g/mol. The monoisotopic (exact) mass is 257 g/mol. The van der Waals surface area contributed by atoms with Crippen LogP contribution in [0.25, 0.3) is 0 Å². The number of benzene rings is 1. The number of carbonyl (C=O) groups excluding carboxylic acids is 1. The summed E-state index contributed by atoms with van der Waals surface area (Å²) in [5, 5.41) is 0. The lowest BCUT2D eigenvalue weighted by molar-refractivity contribution is 0.102. The van der Waals surface area contributed by atoms with E-state index in [2.05, 4.69) is 11.9 Å². The lowest BCUT2D eigenvalue weighted by Gasteiger charge is -2.09. The van der Waals surface area contributed by atoms with E-state index in [0.29, 0.717) is 24.4 Å². The van der Waals surface area contributed by atoms with E-state index < -0.39 is 0 Å². The molecule has 4 nitrogen and oxygen atoms in total. The fourth-order valence-corrected chi connectivity index (χ4v) is 2.18. The smallest absolute Gasteiger partial charge is 0.228 e. The van der Waals surface area contributed by atoms with Crippen LogP contribution in [0.1, 0.15) is 35.1 Å². The Balaban J connectivity index is 2.36. The van der Waals surface area contributed by atoms with Gasteiger partial charge in [0.2, 0.25) is 5.78 Å². The van der Waals surface area contributed by atoms with Gasteiger partial charge < -0.3 is 10.3 Å².